The van der Waals surface area contributed by atoms with Crippen LogP contribution in [0.1, 0.15) is 17.3 Å². The molecule has 0 aliphatic heterocycles. The average Bonchev–Trinajstić information content (AvgIpc) is 3.01. The number of hydrogen-bond acceptors (Lipinski definition) is 6. The van der Waals surface area contributed by atoms with E-state index < -0.39 is 23.7 Å². The fourth-order valence-electron chi connectivity index (χ4n) is 2.46. The van der Waals surface area contributed by atoms with Crippen LogP contribution in [0.5, 0.6) is 0 Å². The number of H-pyrrole nitrogens is 2. The van der Waals surface area contributed by atoms with E-state index in [4.69, 9.17) is 5.11 Å². The van der Waals surface area contributed by atoms with Crippen molar-refractivity contribution >= 4 is 40.1 Å². The van der Waals surface area contributed by atoms with Gasteiger partial charge in [0.05, 0.1) is 22.3 Å². The molecular weight excluding hydrogens is 366 g/mol. The lowest BCUT2D eigenvalue weighted by molar-refractivity contribution is -0.126. The number of aromatic amines is 2. The lowest BCUT2D eigenvalue weighted by Gasteiger charge is -2.09. The van der Waals surface area contributed by atoms with Crippen molar-refractivity contribution in [3.8, 4) is 0 Å². The molecule has 3 aromatic rings. The molecule has 2 aromatic carbocycles. The normalized spacial score (nSPS) is 12.2. The summed E-state index contributed by atoms with van der Waals surface area (Å²) in [5, 5.41) is 19.1. The Kier molecular flexibility index (Phi) is 5.12. The number of amides is 1. The zero-order valence-corrected chi connectivity index (χ0v) is 14.6. The molecular formula is C18H15N5O5. The summed E-state index contributed by atoms with van der Waals surface area (Å²) in [7, 11) is 0. The van der Waals surface area contributed by atoms with Gasteiger partial charge in [-0.3, -0.25) is 9.59 Å². The summed E-state index contributed by atoms with van der Waals surface area (Å²) in [5.74, 6) is -2.37. The Morgan fingerprint density at radius 1 is 1.07 bits per heavy atom. The van der Waals surface area contributed by atoms with Gasteiger partial charge < -0.3 is 20.4 Å². The van der Waals surface area contributed by atoms with Gasteiger partial charge in [-0.15, -0.1) is 0 Å². The monoisotopic (exact) mass is 381 g/mol. The first kappa shape index (κ1) is 18.7. The minimum absolute atomic E-state index is 0.00840. The van der Waals surface area contributed by atoms with Crippen molar-refractivity contribution in [1.82, 2.24) is 9.97 Å². The van der Waals surface area contributed by atoms with Gasteiger partial charge >= 0.3 is 11.7 Å². The van der Waals surface area contributed by atoms with Crippen LogP contribution in [0.15, 0.2) is 57.5 Å². The van der Waals surface area contributed by atoms with Gasteiger partial charge in [-0.25, -0.2) is 9.59 Å². The Morgan fingerprint density at radius 3 is 2.54 bits per heavy atom. The molecule has 0 radical (unpaired) electrons. The molecule has 0 saturated heterocycles. The molecule has 0 spiro atoms. The van der Waals surface area contributed by atoms with Crippen LogP contribution in [0, 0.1) is 0 Å². The first-order valence-electron chi connectivity index (χ1n) is 8.11. The van der Waals surface area contributed by atoms with E-state index in [0.29, 0.717) is 16.7 Å². The molecule has 0 fully saturated rings. The van der Waals surface area contributed by atoms with E-state index in [9.17, 15) is 19.2 Å². The second-order valence-electron chi connectivity index (χ2n) is 5.91. The molecule has 3 rings (SSSR count). The molecule has 10 nitrogen and oxygen atoms in total. The molecule has 1 amide bonds. The highest BCUT2D eigenvalue weighted by atomic mass is 16.4. The molecule has 1 unspecified atom stereocenters. The maximum Gasteiger partial charge on any atom is 0.335 e. The Labute approximate surface area is 157 Å². The van der Waals surface area contributed by atoms with Gasteiger partial charge in [0.15, 0.2) is 5.78 Å². The van der Waals surface area contributed by atoms with Crippen LogP contribution < -0.4 is 11.0 Å². The predicted octanol–water partition coefficient (Wildman–Crippen LogP) is 2.23. The van der Waals surface area contributed by atoms with Crippen LogP contribution in [-0.4, -0.2) is 38.8 Å². The van der Waals surface area contributed by atoms with E-state index in [1.165, 1.54) is 37.3 Å². The topological polar surface area (TPSA) is 157 Å². The van der Waals surface area contributed by atoms with Gasteiger partial charge in [0.1, 0.15) is 0 Å². The van der Waals surface area contributed by atoms with Crippen molar-refractivity contribution in [2.45, 2.75) is 13.0 Å². The molecule has 1 aromatic heterocycles. The second-order valence-corrected chi connectivity index (χ2v) is 5.91. The summed E-state index contributed by atoms with van der Waals surface area (Å²) in [4.78, 5) is 51.7. The van der Waals surface area contributed by atoms with Crippen LogP contribution in [0.4, 0.5) is 11.4 Å². The van der Waals surface area contributed by atoms with Crippen LogP contribution in [-0.2, 0) is 9.59 Å². The quantitative estimate of drug-likeness (QED) is 0.380. The van der Waals surface area contributed by atoms with Gasteiger partial charge in [-0.2, -0.15) is 10.2 Å². The number of benzene rings is 2. The molecule has 0 aliphatic carbocycles. The Balaban J connectivity index is 1.79. The third kappa shape index (κ3) is 4.18. The third-order valence-corrected chi connectivity index (χ3v) is 3.80. The molecule has 1 atom stereocenters. The number of azo groups is 1. The number of aromatic carboxylic acids is 1. The highest BCUT2D eigenvalue weighted by molar-refractivity contribution is 6.10. The van der Waals surface area contributed by atoms with Crippen molar-refractivity contribution in [3.63, 3.8) is 0 Å². The van der Waals surface area contributed by atoms with Gasteiger partial charge in [0.2, 0.25) is 6.04 Å². The molecule has 4 N–H and O–H groups in total. The smallest absolute Gasteiger partial charge is 0.335 e. The summed E-state index contributed by atoms with van der Waals surface area (Å²) in [6, 6.07) is 8.94. The van der Waals surface area contributed by atoms with E-state index in [1.54, 1.807) is 12.1 Å². The van der Waals surface area contributed by atoms with Crippen LogP contribution in [0.2, 0.25) is 0 Å². The average molecular weight is 381 g/mol. The molecule has 28 heavy (non-hydrogen) atoms. The summed E-state index contributed by atoms with van der Waals surface area (Å²) < 4.78 is 0. The van der Waals surface area contributed by atoms with Gasteiger partial charge in [0.25, 0.3) is 5.91 Å². The Bertz CT molecular complexity index is 1160. The van der Waals surface area contributed by atoms with Gasteiger partial charge in [-0.1, -0.05) is 6.07 Å². The molecule has 0 aliphatic rings. The lowest BCUT2D eigenvalue weighted by atomic mass is 10.2. The number of fused-ring (bicyclic) bond motifs is 1. The van der Waals surface area contributed by atoms with Crippen molar-refractivity contribution < 1.29 is 19.5 Å². The molecule has 10 heteroatoms. The van der Waals surface area contributed by atoms with E-state index in [0.717, 1.165) is 0 Å². The van der Waals surface area contributed by atoms with Crippen LogP contribution >= 0.6 is 0 Å². The predicted molar refractivity (Wildman–Crippen MR) is 99.9 cm³/mol. The standard InChI is InChI=1S/C18H15N5O5/c1-9(24)15(23-22-12-4-2-3-10(7-12)17(26)27)16(25)19-11-5-6-13-14(8-11)21-18(28)20-13/h2-8,15H,1H3,(H,19,25)(H,26,27)(H2,20,21,28). The number of nitrogens with one attached hydrogen (secondary N) is 3. The van der Waals surface area contributed by atoms with Gasteiger partial charge in [-0.05, 0) is 43.3 Å². The maximum atomic E-state index is 12.4. The molecule has 1 heterocycles. The number of carboxylic acid groups (broad SMARTS) is 1. The Hall–Kier alpha value is -4.08. The summed E-state index contributed by atoms with van der Waals surface area (Å²) in [6.45, 7) is 1.20. The zero-order valence-electron chi connectivity index (χ0n) is 14.6. The number of carboxylic acids is 1. The molecule has 0 saturated carbocycles. The molecule has 0 bridgehead atoms. The number of carbonyl (C=O) groups is 3. The van der Waals surface area contributed by atoms with E-state index in [-0.39, 0.29) is 16.9 Å². The Morgan fingerprint density at radius 2 is 1.82 bits per heavy atom. The summed E-state index contributed by atoms with van der Waals surface area (Å²) in [6.07, 6.45) is 0. The molecule has 142 valence electrons. The largest absolute Gasteiger partial charge is 0.478 e. The number of aromatic nitrogens is 2. The van der Waals surface area contributed by atoms with Crippen molar-refractivity contribution in [3.05, 3.63) is 58.5 Å². The van der Waals surface area contributed by atoms with E-state index >= 15 is 0 Å². The number of rotatable bonds is 6. The number of ketones is 1. The number of Topliss-reactive ketones (excluding diaryl/α,β-unsaturated/α-hetero) is 1. The van der Waals surface area contributed by atoms with Gasteiger partial charge in [0, 0.05) is 5.69 Å². The minimum Gasteiger partial charge on any atom is -0.478 e. The number of imidazole rings is 1. The fraction of sp³-hybridized carbons (Fsp3) is 0.111. The number of anilines is 1. The van der Waals surface area contributed by atoms with E-state index in [2.05, 4.69) is 25.5 Å². The fourth-order valence-corrected chi connectivity index (χ4v) is 2.46. The first-order chi connectivity index (χ1) is 13.3. The number of nitrogens with zero attached hydrogens (tertiary/aromatic N) is 2. The summed E-state index contributed by atoms with van der Waals surface area (Å²) >= 11 is 0. The maximum absolute atomic E-state index is 12.4. The SMILES string of the molecule is CC(=O)C(N=Nc1cccc(C(=O)O)c1)C(=O)Nc1ccc2[nH]c(=O)[nH]c2c1. The third-order valence-electron chi connectivity index (χ3n) is 3.80. The summed E-state index contributed by atoms with van der Waals surface area (Å²) in [5.41, 5.74) is 1.26. The second kappa shape index (κ2) is 7.66. The van der Waals surface area contributed by atoms with Crippen molar-refractivity contribution in [2.24, 2.45) is 10.2 Å². The van der Waals surface area contributed by atoms with Crippen molar-refractivity contribution in [2.75, 3.05) is 5.32 Å². The van der Waals surface area contributed by atoms with E-state index in [1.807, 2.05) is 0 Å². The zero-order chi connectivity index (χ0) is 20.3. The lowest BCUT2D eigenvalue weighted by Crippen LogP contribution is -2.31. The number of carbonyl (C=O) groups excluding carboxylic acids is 2. The van der Waals surface area contributed by atoms with Crippen LogP contribution in [0.25, 0.3) is 11.0 Å². The van der Waals surface area contributed by atoms with Crippen molar-refractivity contribution in [1.29, 1.82) is 0 Å². The highest BCUT2D eigenvalue weighted by Crippen LogP contribution is 2.17. The first-order valence-corrected chi connectivity index (χ1v) is 8.11. The highest BCUT2D eigenvalue weighted by Gasteiger charge is 2.23. The minimum atomic E-state index is -1.41. The van der Waals surface area contributed by atoms with Crippen LogP contribution in [0.3, 0.4) is 0 Å². The number of hydrogen-bond donors (Lipinski definition) is 4.